The summed E-state index contributed by atoms with van der Waals surface area (Å²) in [5.41, 5.74) is -0.487. The largest absolute Gasteiger partial charge is 0.465 e. The van der Waals surface area contributed by atoms with Crippen LogP contribution in [0.5, 0.6) is 0 Å². The van der Waals surface area contributed by atoms with Crippen molar-refractivity contribution in [2.24, 2.45) is 0 Å². The molecule has 0 aliphatic carbocycles. The van der Waals surface area contributed by atoms with E-state index in [-0.39, 0.29) is 24.7 Å². The smallest absolute Gasteiger partial charge is 0.416 e. The predicted octanol–water partition coefficient (Wildman–Crippen LogP) is 5.84. The molecule has 1 aliphatic rings. The van der Waals surface area contributed by atoms with Crippen LogP contribution >= 0.6 is 0 Å². The van der Waals surface area contributed by atoms with E-state index in [1.54, 1.807) is 0 Å². The second-order valence-electron chi connectivity index (χ2n) is 9.39. The molecule has 30 heavy (non-hydrogen) atoms. The molecule has 1 saturated heterocycles. The maximum absolute atomic E-state index is 13.4. The minimum Gasteiger partial charge on any atom is -0.465 e. The predicted molar refractivity (Wildman–Crippen MR) is 111 cm³/mol. The summed E-state index contributed by atoms with van der Waals surface area (Å²) in [6.07, 6.45) is -4.73. The van der Waals surface area contributed by atoms with Gasteiger partial charge in [0.05, 0.1) is 17.8 Å². The van der Waals surface area contributed by atoms with Crippen LogP contribution in [-0.4, -0.2) is 44.6 Å². The van der Waals surface area contributed by atoms with Crippen molar-refractivity contribution in [2.75, 3.05) is 20.2 Å². The first-order valence-electron chi connectivity index (χ1n) is 10.0. The summed E-state index contributed by atoms with van der Waals surface area (Å²) >= 11 is 0. The minimum atomic E-state index is -4.46. The summed E-state index contributed by atoms with van der Waals surface area (Å²) in [5, 5.41) is 9.14. The van der Waals surface area contributed by atoms with Crippen molar-refractivity contribution in [3.63, 3.8) is 0 Å². The van der Waals surface area contributed by atoms with E-state index < -0.39 is 31.8 Å². The number of piperidine rings is 1. The molecule has 0 radical (unpaired) electrons. The molecule has 1 aliphatic heterocycles. The first-order chi connectivity index (χ1) is 13.6. The zero-order valence-electron chi connectivity index (χ0n) is 18.5. The van der Waals surface area contributed by atoms with Gasteiger partial charge in [0.25, 0.3) is 0 Å². The van der Waals surface area contributed by atoms with Gasteiger partial charge < -0.3 is 19.2 Å². The van der Waals surface area contributed by atoms with Crippen LogP contribution in [-0.2, 0) is 27.5 Å². The van der Waals surface area contributed by atoms with Crippen molar-refractivity contribution < 1.29 is 32.2 Å². The third-order valence-corrected chi connectivity index (χ3v) is 11.0. The van der Waals surface area contributed by atoms with Gasteiger partial charge in [-0.1, -0.05) is 26.8 Å². The number of likely N-dealkylation sites (tertiary alicyclic amines) is 1. The maximum atomic E-state index is 13.4. The van der Waals surface area contributed by atoms with Gasteiger partial charge in [-0.2, -0.15) is 13.2 Å². The fraction of sp³-hybridized carbons (Fsp3) is 0.667. The van der Waals surface area contributed by atoms with Crippen LogP contribution in [0, 0.1) is 0 Å². The highest BCUT2D eigenvalue weighted by atomic mass is 28.4. The van der Waals surface area contributed by atoms with Crippen molar-refractivity contribution in [3.05, 3.63) is 34.9 Å². The Balaban J connectivity index is 2.44. The van der Waals surface area contributed by atoms with Crippen LogP contribution in [0.1, 0.15) is 50.3 Å². The lowest BCUT2D eigenvalue weighted by molar-refractivity contribution is -0.137. The minimum absolute atomic E-state index is 0.0590. The molecule has 1 N–H and O–H groups in total. The second kappa shape index (κ2) is 8.51. The summed E-state index contributed by atoms with van der Waals surface area (Å²) < 4.78 is 52.2. The zero-order valence-corrected chi connectivity index (χ0v) is 19.5. The maximum Gasteiger partial charge on any atom is 0.416 e. The zero-order chi connectivity index (χ0) is 23.0. The molecular weight excluding hydrogens is 415 g/mol. The van der Waals surface area contributed by atoms with E-state index >= 15 is 0 Å². The Labute approximate surface area is 177 Å². The van der Waals surface area contributed by atoms with Crippen LogP contribution in [0.4, 0.5) is 18.0 Å². The number of amides is 1. The quantitative estimate of drug-likeness (QED) is 0.576. The normalized spacial score (nSPS) is 17.8. The highest BCUT2D eigenvalue weighted by Gasteiger charge is 2.42. The van der Waals surface area contributed by atoms with Gasteiger partial charge in [-0.3, -0.25) is 0 Å². The van der Waals surface area contributed by atoms with E-state index in [0.717, 1.165) is 12.1 Å². The Kier molecular flexibility index (Phi) is 7.00. The third kappa shape index (κ3) is 5.18. The first kappa shape index (κ1) is 24.7. The summed E-state index contributed by atoms with van der Waals surface area (Å²) in [6.45, 7) is 10.9. The van der Waals surface area contributed by atoms with Crippen LogP contribution in [0.2, 0.25) is 18.1 Å². The van der Waals surface area contributed by atoms with Crippen molar-refractivity contribution in [3.8, 4) is 0 Å². The van der Waals surface area contributed by atoms with Gasteiger partial charge in [0.2, 0.25) is 0 Å². The van der Waals surface area contributed by atoms with E-state index in [0.29, 0.717) is 24.0 Å². The number of carbonyl (C=O) groups is 1. The number of halogens is 3. The van der Waals surface area contributed by atoms with E-state index in [1.807, 2.05) is 0 Å². The van der Waals surface area contributed by atoms with E-state index in [1.165, 1.54) is 18.1 Å². The number of benzene rings is 1. The summed E-state index contributed by atoms with van der Waals surface area (Å²) in [7, 11) is -0.671. The van der Waals surface area contributed by atoms with E-state index in [9.17, 15) is 23.1 Å². The van der Waals surface area contributed by atoms with Gasteiger partial charge in [-0.25, -0.2) is 4.79 Å². The van der Waals surface area contributed by atoms with Crippen LogP contribution in [0.15, 0.2) is 18.2 Å². The Morgan fingerprint density at radius 1 is 1.20 bits per heavy atom. The molecule has 0 spiro atoms. The second-order valence-corrected chi connectivity index (χ2v) is 14.2. The van der Waals surface area contributed by atoms with Crippen molar-refractivity contribution in [1.29, 1.82) is 0 Å². The topological polar surface area (TPSA) is 59.0 Å². The molecular formula is C21H32F3NO4Si. The third-order valence-electron chi connectivity index (χ3n) is 6.55. The molecule has 1 aromatic rings. The average Bonchev–Trinajstić information content (AvgIpc) is 2.64. The Morgan fingerprint density at radius 2 is 1.77 bits per heavy atom. The van der Waals surface area contributed by atoms with Gasteiger partial charge >= 0.3 is 12.3 Å². The Bertz CT molecular complexity index is 766. The molecule has 0 saturated carbocycles. The van der Waals surface area contributed by atoms with Crippen molar-refractivity contribution >= 4 is 14.4 Å². The van der Waals surface area contributed by atoms with Gasteiger partial charge in [0.1, 0.15) is 0 Å². The number of methoxy groups -OCH3 is 1. The fourth-order valence-corrected chi connectivity index (χ4v) is 4.40. The SMILES string of the molecule is COC1(c2ccc(C(F)(F)F)cc2CO[Si](C)(C)C(C)(C)C)CCN(C(=O)O)CC1. The van der Waals surface area contributed by atoms with E-state index in [2.05, 4.69) is 33.9 Å². The number of hydrogen-bond donors (Lipinski definition) is 1. The molecule has 2 rings (SSSR count). The molecule has 0 unspecified atom stereocenters. The Morgan fingerprint density at radius 3 is 2.20 bits per heavy atom. The lowest BCUT2D eigenvalue weighted by atomic mass is 9.81. The van der Waals surface area contributed by atoms with Crippen molar-refractivity contribution in [1.82, 2.24) is 4.90 Å². The molecule has 1 fully saturated rings. The van der Waals surface area contributed by atoms with Crippen LogP contribution in [0.3, 0.4) is 0 Å². The first-order valence-corrected chi connectivity index (χ1v) is 12.9. The summed E-state index contributed by atoms with van der Waals surface area (Å²) in [4.78, 5) is 12.6. The molecule has 1 aromatic carbocycles. The monoisotopic (exact) mass is 447 g/mol. The molecule has 1 heterocycles. The van der Waals surface area contributed by atoms with E-state index in [4.69, 9.17) is 9.16 Å². The Hall–Kier alpha value is -1.58. The summed E-state index contributed by atoms with van der Waals surface area (Å²) in [5.74, 6) is 0. The molecule has 9 heteroatoms. The number of hydrogen-bond acceptors (Lipinski definition) is 3. The highest BCUT2D eigenvalue weighted by Crippen LogP contribution is 2.42. The van der Waals surface area contributed by atoms with Crippen molar-refractivity contribution in [2.45, 2.75) is 70.1 Å². The van der Waals surface area contributed by atoms with Gasteiger partial charge in [0.15, 0.2) is 8.32 Å². The number of rotatable bonds is 5. The number of ether oxygens (including phenoxy) is 1. The lowest BCUT2D eigenvalue weighted by Crippen LogP contribution is -2.46. The lowest BCUT2D eigenvalue weighted by Gasteiger charge is -2.42. The highest BCUT2D eigenvalue weighted by molar-refractivity contribution is 6.74. The summed E-state index contributed by atoms with van der Waals surface area (Å²) in [6, 6.07) is 3.68. The molecule has 0 atom stereocenters. The molecule has 1 amide bonds. The fourth-order valence-electron chi connectivity index (χ4n) is 3.45. The van der Waals surface area contributed by atoms with Gasteiger partial charge in [-0.15, -0.1) is 0 Å². The number of alkyl halides is 3. The molecule has 170 valence electrons. The average molecular weight is 448 g/mol. The standard InChI is InChI=1S/C21H32F3NO4Si/c1-19(2,3)30(5,6)29-14-15-13-16(21(22,23)24)7-8-17(15)20(28-4)9-11-25(12-10-20)18(26)27/h7-8,13H,9-12,14H2,1-6H3,(H,26,27). The number of carboxylic acid groups (broad SMARTS) is 1. The molecule has 0 bridgehead atoms. The molecule has 0 aromatic heterocycles. The van der Waals surface area contributed by atoms with Crippen LogP contribution in [0.25, 0.3) is 0 Å². The van der Waals surface area contributed by atoms with Gasteiger partial charge in [-0.05, 0) is 54.2 Å². The number of nitrogens with zero attached hydrogens (tertiary/aromatic N) is 1. The van der Waals surface area contributed by atoms with Crippen LogP contribution < -0.4 is 0 Å². The molecule has 5 nitrogen and oxygen atoms in total. The van der Waals surface area contributed by atoms with Gasteiger partial charge in [0, 0.05) is 20.2 Å².